The second-order valence-electron chi connectivity index (χ2n) is 9.18. The van der Waals surface area contributed by atoms with Gasteiger partial charge in [0, 0.05) is 16.5 Å². The van der Waals surface area contributed by atoms with E-state index in [-0.39, 0.29) is 32.5 Å². The highest BCUT2D eigenvalue weighted by molar-refractivity contribution is 7.92. The van der Waals surface area contributed by atoms with E-state index >= 15 is 0 Å². The van der Waals surface area contributed by atoms with Crippen LogP contribution in [0.4, 0.5) is 5.69 Å². The fraction of sp³-hybridized carbons (Fsp3) is 0.333. The molecule has 214 valence electrons. The number of ether oxygens (including phenoxy) is 2. The monoisotopic (exact) mass is 626 g/mol. The van der Waals surface area contributed by atoms with Gasteiger partial charge in [0.25, 0.3) is 0 Å². The van der Waals surface area contributed by atoms with Gasteiger partial charge in [-0.25, -0.2) is 18.0 Å². The van der Waals surface area contributed by atoms with Crippen LogP contribution < -0.4 is 14.4 Å². The van der Waals surface area contributed by atoms with Crippen molar-refractivity contribution in [3.05, 3.63) is 68.5 Å². The molecule has 2 N–H and O–H groups in total. The number of hydrogen-bond donors (Lipinski definition) is 2. The largest absolute Gasteiger partial charge is 0.480 e. The minimum atomic E-state index is -3.92. The first kappa shape index (κ1) is 30.1. The molecule has 0 atom stereocenters. The van der Waals surface area contributed by atoms with Gasteiger partial charge in [0.2, 0.25) is 10.0 Å². The van der Waals surface area contributed by atoms with Crippen LogP contribution in [0.25, 0.3) is 10.4 Å². The van der Waals surface area contributed by atoms with Crippen molar-refractivity contribution in [1.82, 2.24) is 5.32 Å². The lowest BCUT2D eigenvalue weighted by Gasteiger charge is -2.35. The Bertz CT molecular complexity index is 1520. The molecule has 0 unspecified atom stereocenters. The number of esters is 1. The molecule has 0 bridgehead atoms. The number of anilines is 1. The second-order valence-corrected chi connectivity index (χ2v) is 12.8. The van der Waals surface area contributed by atoms with Crippen LogP contribution in [0, 0.1) is 6.92 Å². The quantitative estimate of drug-likeness (QED) is 0.288. The Kier molecular flexibility index (Phi) is 9.63. The minimum Gasteiger partial charge on any atom is -0.480 e. The number of carboxylic acids is 1. The van der Waals surface area contributed by atoms with Crippen molar-refractivity contribution in [2.75, 3.05) is 31.1 Å². The zero-order valence-corrected chi connectivity index (χ0v) is 24.9. The van der Waals surface area contributed by atoms with Gasteiger partial charge in [-0.15, -0.1) is 11.3 Å². The summed E-state index contributed by atoms with van der Waals surface area (Å²) >= 11 is 13.5. The van der Waals surface area contributed by atoms with E-state index in [9.17, 15) is 23.1 Å². The van der Waals surface area contributed by atoms with Gasteiger partial charge >= 0.3 is 11.9 Å². The van der Waals surface area contributed by atoms with Gasteiger partial charge in [0.15, 0.2) is 11.5 Å². The smallest absolute Gasteiger partial charge is 0.349 e. The van der Waals surface area contributed by atoms with E-state index in [0.29, 0.717) is 53.2 Å². The fourth-order valence-corrected chi connectivity index (χ4v) is 8.05. The van der Waals surface area contributed by atoms with E-state index in [1.165, 1.54) is 11.4 Å². The van der Waals surface area contributed by atoms with Gasteiger partial charge in [0.05, 0.1) is 28.6 Å². The maximum atomic E-state index is 14.0. The molecule has 1 aliphatic heterocycles. The van der Waals surface area contributed by atoms with Crippen molar-refractivity contribution in [2.24, 2.45) is 0 Å². The van der Waals surface area contributed by atoms with Crippen molar-refractivity contribution in [3.63, 3.8) is 0 Å². The lowest BCUT2D eigenvalue weighted by atomic mass is 10.0. The molecule has 2 aromatic carbocycles. The van der Waals surface area contributed by atoms with Gasteiger partial charge in [-0.2, -0.15) is 0 Å². The van der Waals surface area contributed by atoms with Gasteiger partial charge in [-0.05, 0) is 62.2 Å². The van der Waals surface area contributed by atoms with Crippen LogP contribution in [0.3, 0.4) is 0 Å². The summed E-state index contributed by atoms with van der Waals surface area (Å²) in [4.78, 5) is 24.1. The minimum absolute atomic E-state index is 0.0692. The average Bonchev–Trinajstić information content (AvgIpc) is 3.26. The van der Waals surface area contributed by atoms with Crippen molar-refractivity contribution < 1.29 is 32.6 Å². The number of thiophene rings is 1. The van der Waals surface area contributed by atoms with Gasteiger partial charge in [-0.1, -0.05) is 47.5 Å². The SMILES string of the molecule is COC(=O)COc1c(C(=O)O)sc(-c2cccc(N(C3CCNCC3)S(=O)(=O)Cc3cccc(Cl)c3Cl)c2)c1C. The maximum absolute atomic E-state index is 14.0. The first-order valence-electron chi connectivity index (χ1n) is 12.4. The zero-order chi connectivity index (χ0) is 29.0. The number of nitrogens with zero attached hydrogens (tertiary/aromatic N) is 1. The molecule has 1 saturated heterocycles. The number of methoxy groups -OCH3 is 1. The number of rotatable bonds is 10. The molecule has 1 aromatic heterocycles. The number of aromatic carboxylic acids is 1. The molecule has 1 aliphatic rings. The van der Waals surface area contributed by atoms with E-state index < -0.39 is 28.6 Å². The maximum Gasteiger partial charge on any atom is 0.349 e. The third-order valence-corrected chi connectivity index (χ3v) is 10.5. The number of halogens is 2. The average molecular weight is 628 g/mol. The third-order valence-electron chi connectivity index (χ3n) is 6.52. The van der Waals surface area contributed by atoms with Crippen LogP contribution in [-0.2, 0) is 25.3 Å². The molecule has 0 radical (unpaired) electrons. The molecule has 3 aromatic rings. The Morgan fingerprint density at radius 1 is 1.15 bits per heavy atom. The van der Waals surface area contributed by atoms with Crippen molar-refractivity contribution in [3.8, 4) is 16.2 Å². The van der Waals surface area contributed by atoms with Crippen molar-refractivity contribution in [1.29, 1.82) is 0 Å². The molecule has 9 nitrogen and oxygen atoms in total. The van der Waals surface area contributed by atoms with Crippen molar-refractivity contribution >= 4 is 62.2 Å². The fourth-order valence-electron chi connectivity index (χ4n) is 4.63. The van der Waals surface area contributed by atoms with Gasteiger partial charge < -0.3 is 19.9 Å². The Balaban J connectivity index is 1.77. The third kappa shape index (κ3) is 6.55. The molecule has 2 heterocycles. The number of carbonyl (C=O) groups excluding carboxylic acids is 1. The Labute approximate surface area is 246 Å². The number of nitrogens with one attached hydrogen (secondary N) is 1. The van der Waals surface area contributed by atoms with Crippen molar-refractivity contribution in [2.45, 2.75) is 31.6 Å². The topological polar surface area (TPSA) is 122 Å². The summed E-state index contributed by atoms with van der Waals surface area (Å²) in [5, 5.41) is 13.5. The zero-order valence-electron chi connectivity index (χ0n) is 21.8. The molecular weight excluding hydrogens is 599 g/mol. The van der Waals surface area contributed by atoms with E-state index in [4.69, 9.17) is 27.9 Å². The Morgan fingerprint density at radius 3 is 2.52 bits per heavy atom. The molecule has 0 aliphatic carbocycles. The highest BCUT2D eigenvalue weighted by Crippen LogP contribution is 2.43. The lowest BCUT2D eigenvalue weighted by Crippen LogP contribution is -2.46. The summed E-state index contributed by atoms with van der Waals surface area (Å²) in [5.74, 6) is -2.12. The molecule has 4 rings (SSSR count). The number of carbonyl (C=O) groups is 2. The van der Waals surface area contributed by atoms with E-state index in [1.807, 2.05) is 0 Å². The van der Waals surface area contributed by atoms with Crippen LogP contribution in [0.1, 0.15) is 33.6 Å². The normalized spacial score (nSPS) is 14.1. The molecular formula is C27H28Cl2N2O7S2. The molecule has 0 spiro atoms. The van der Waals surface area contributed by atoms with E-state index in [2.05, 4.69) is 10.1 Å². The van der Waals surface area contributed by atoms with Crippen LogP contribution in [0.15, 0.2) is 42.5 Å². The van der Waals surface area contributed by atoms with Crippen LogP contribution >= 0.6 is 34.5 Å². The van der Waals surface area contributed by atoms with Gasteiger partial charge in [0.1, 0.15) is 5.75 Å². The van der Waals surface area contributed by atoms with Crippen LogP contribution in [-0.4, -0.2) is 58.3 Å². The predicted molar refractivity (Wildman–Crippen MR) is 156 cm³/mol. The predicted octanol–water partition coefficient (Wildman–Crippen LogP) is 5.37. The Morgan fingerprint density at radius 2 is 1.85 bits per heavy atom. The molecule has 1 fully saturated rings. The van der Waals surface area contributed by atoms with Gasteiger partial charge in [-0.3, -0.25) is 4.31 Å². The van der Waals surface area contributed by atoms with Crippen LogP contribution in [0.5, 0.6) is 5.75 Å². The highest BCUT2D eigenvalue weighted by atomic mass is 35.5. The molecule has 13 heteroatoms. The number of benzene rings is 2. The summed E-state index contributed by atoms with van der Waals surface area (Å²) in [6.07, 6.45) is 1.22. The first-order valence-corrected chi connectivity index (χ1v) is 15.5. The first-order chi connectivity index (χ1) is 19.0. The van der Waals surface area contributed by atoms with Crippen LogP contribution in [0.2, 0.25) is 10.0 Å². The Hall–Kier alpha value is -2.83. The number of piperidine rings is 1. The standard InChI is InChI=1S/C27H28Cl2N2O7S2/c1-16-24(38-14-22(32)37-2)26(27(33)34)39-25(16)17-5-3-7-20(13-17)31(19-9-11-30-12-10-19)40(35,36)15-18-6-4-8-21(28)23(18)29/h3-8,13,19,30H,9-12,14-15H2,1-2H3,(H,33,34). The molecule has 0 amide bonds. The summed E-state index contributed by atoms with van der Waals surface area (Å²) in [5.41, 5.74) is 1.98. The molecule has 0 saturated carbocycles. The van der Waals surface area contributed by atoms with E-state index in [0.717, 1.165) is 11.3 Å². The summed E-state index contributed by atoms with van der Waals surface area (Å²) in [6, 6.07) is 11.6. The highest BCUT2D eigenvalue weighted by Gasteiger charge is 2.33. The summed E-state index contributed by atoms with van der Waals surface area (Å²) in [7, 11) is -2.71. The summed E-state index contributed by atoms with van der Waals surface area (Å²) < 4.78 is 39.5. The van der Waals surface area contributed by atoms with E-state index in [1.54, 1.807) is 49.4 Å². The number of sulfonamides is 1. The number of hydrogen-bond acceptors (Lipinski definition) is 8. The lowest BCUT2D eigenvalue weighted by molar-refractivity contribution is -0.142. The summed E-state index contributed by atoms with van der Waals surface area (Å²) in [6.45, 7) is 2.59. The number of carboxylic acid groups (broad SMARTS) is 1. The second kappa shape index (κ2) is 12.8. The molecule has 40 heavy (non-hydrogen) atoms.